The third-order valence-electron chi connectivity index (χ3n) is 6.16. The highest BCUT2D eigenvalue weighted by atomic mass is 32.1. The van der Waals surface area contributed by atoms with E-state index >= 15 is 0 Å². The van der Waals surface area contributed by atoms with Gasteiger partial charge in [0.2, 0.25) is 5.95 Å². The highest BCUT2D eigenvalue weighted by molar-refractivity contribution is 7.17. The second-order valence-electron chi connectivity index (χ2n) is 8.16. The van der Waals surface area contributed by atoms with Crippen molar-refractivity contribution in [3.05, 3.63) is 109 Å². The van der Waals surface area contributed by atoms with E-state index in [2.05, 4.69) is 52.4 Å². The largest absolute Gasteiger partial charge is 0.278 e. The van der Waals surface area contributed by atoms with E-state index in [0.29, 0.717) is 17.6 Å². The maximum Gasteiger partial charge on any atom is 0.238 e. The average Bonchev–Trinajstić information content (AvgIpc) is 3.52. The van der Waals surface area contributed by atoms with Gasteiger partial charge < -0.3 is 0 Å². The van der Waals surface area contributed by atoms with Gasteiger partial charge in [-0.15, -0.1) is 11.3 Å². The molecule has 0 amide bonds. The van der Waals surface area contributed by atoms with Gasteiger partial charge in [-0.05, 0) is 29.6 Å². The standard InChI is InChI=1S/C29H18N4S/c1-3-9-19(10-4-1)27-30-28(20-11-5-2-6-12-20)32-29(31-27)33-23-14-8-7-13-21(23)26-22-17-18-34-25(22)16-15-24(26)33/h1-18H. The lowest BCUT2D eigenvalue weighted by Crippen LogP contribution is -2.06. The smallest absolute Gasteiger partial charge is 0.238 e. The first-order chi connectivity index (χ1) is 16.9. The Bertz CT molecular complexity index is 1740. The van der Waals surface area contributed by atoms with Gasteiger partial charge in [0.25, 0.3) is 0 Å². The van der Waals surface area contributed by atoms with E-state index in [0.717, 1.165) is 22.2 Å². The molecule has 0 aliphatic carbocycles. The summed E-state index contributed by atoms with van der Waals surface area (Å²) in [6.07, 6.45) is 0. The Morgan fingerprint density at radius 1 is 0.529 bits per heavy atom. The van der Waals surface area contributed by atoms with Crippen molar-refractivity contribution in [2.45, 2.75) is 0 Å². The fourth-order valence-electron chi connectivity index (χ4n) is 4.62. The fourth-order valence-corrected chi connectivity index (χ4v) is 5.42. The highest BCUT2D eigenvalue weighted by Gasteiger charge is 2.19. The molecule has 0 unspecified atom stereocenters. The molecule has 7 aromatic rings. The maximum absolute atomic E-state index is 4.98. The van der Waals surface area contributed by atoms with Gasteiger partial charge in [-0.25, -0.2) is 4.98 Å². The molecule has 160 valence electrons. The average molecular weight is 455 g/mol. The summed E-state index contributed by atoms with van der Waals surface area (Å²) in [5.41, 5.74) is 4.10. The van der Waals surface area contributed by atoms with Gasteiger partial charge >= 0.3 is 0 Å². The molecule has 4 nitrogen and oxygen atoms in total. The first-order valence-electron chi connectivity index (χ1n) is 11.1. The van der Waals surface area contributed by atoms with Crippen molar-refractivity contribution in [1.29, 1.82) is 0 Å². The quantitative estimate of drug-likeness (QED) is 0.277. The minimum Gasteiger partial charge on any atom is -0.278 e. The summed E-state index contributed by atoms with van der Waals surface area (Å²) in [5, 5.41) is 5.85. The molecule has 0 bridgehead atoms. The molecule has 3 heterocycles. The van der Waals surface area contributed by atoms with Crippen molar-refractivity contribution in [2.75, 3.05) is 0 Å². The van der Waals surface area contributed by atoms with Gasteiger partial charge in [-0.3, -0.25) is 4.57 Å². The van der Waals surface area contributed by atoms with E-state index in [-0.39, 0.29) is 0 Å². The molecule has 34 heavy (non-hydrogen) atoms. The maximum atomic E-state index is 4.98. The molecule has 0 atom stereocenters. The Labute approximate surface area is 199 Å². The lowest BCUT2D eigenvalue weighted by Gasteiger charge is -2.10. The van der Waals surface area contributed by atoms with Crippen molar-refractivity contribution < 1.29 is 0 Å². The van der Waals surface area contributed by atoms with E-state index in [1.165, 1.54) is 20.9 Å². The van der Waals surface area contributed by atoms with Gasteiger partial charge in [-0.2, -0.15) is 9.97 Å². The minimum absolute atomic E-state index is 0.619. The molecular weight excluding hydrogens is 436 g/mol. The topological polar surface area (TPSA) is 43.6 Å². The van der Waals surface area contributed by atoms with Crippen molar-refractivity contribution in [3.63, 3.8) is 0 Å². The molecular formula is C29H18N4S. The third-order valence-corrected chi connectivity index (χ3v) is 7.04. The predicted octanol–water partition coefficient (Wildman–Crippen LogP) is 7.52. The number of rotatable bonds is 3. The van der Waals surface area contributed by atoms with Gasteiger partial charge in [0.15, 0.2) is 11.6 Å². The molecule has 0 saturated heterocycles. The minimum atomic E-state index is 0.619. The molecule has 4 aromatic carbocycles. The molecule has 0 saturated carbocycles. The van der Waals surface area contributed by atoms with Crippen molar-refractivity contribution >= 4 is 43.2 Å². The molecule has 0 radical (unpaired) electrons. The summed E-state index contributed by atoms with van der Waals surface area (Å²) < 4.78 is 3.45. The molecule has 0 fully saturated rings. The Kier molecular flexibility index (Phi) is 4.29. The number of aromatic nitrogens is 4. The number of nitrogens with zero attached hydrogens (tertiary/aromatic N) is 4. The van der Waals surface area contributed by atoms with E-state index in [1.54, 1.807) is 11.3 Å². The highest BCUT2D eigenvalue weighted by Crippen LogP contribution is 2.38. The van der Waals surface area contributed by atoms with Crippen LogP contribution < -0.4 is 0 Å². The van der Waals surface area contributed by atoms with Crippen LogP contribution in [-0.4, -0.2) is 19.5 Å². The van der Waals surface area contributed by atoms with Crippen LogP contribution in [0.1, 0.15) is 0 Å². The zero-order valence-electron chi connectivity index (χ0n) is 18.1. The van der Waals surface area contributed by atoms with Crippen LogP contribution in [0.3, 0.4) is 0 Å². The summed E-state index contributed by atoms with van der Waals surface area (Å²) in [7, 11) is 0. The zero-order chi connectivity index (χ0) is 22.5. The first kappa shape index (κ1) is 19.1. The van der Waals surface area contributed by atoms with E-state index in [1.807, 2.05) is 60.7 Å². The second-order valence-corrected chi connectivity index (χ2v) is 9.11. The molecule has 0 aliphatic rings. The number of para-hydroxylation sites is 1. The second kappa shape index (κ2) is 7.61. The lowest BCUT2D eigenvalue weighted by molar-refractivity contribution is 0.953. The van der Waals surface area contributed by atoms with Crippen molar-refractivity contribution in [1.82, 2.24) is 19.5 Å². The predicted molar refractivity (Wildman–Crippen MR) is 140 cm³/mol. The van der Waals surface area contributed by atoms with Gasteiger partial charge in [-0.1, -0.05) is 78.9 Å². The van der Waals surface area contributed by atoms with Gasteiger partial charge in [0.1, 0.15) is 0 Å². The van der Waals surface area contributed by atoms with Crippen LogP contribution in [-0.2, 0) is 0 Å². The number of benzene rings is 4. The Morgan fingerprint density at radius 3 is 1.88 bits per heavy atom. The summed E-state index contributed by atoms with van der Waals surface area (Å²) in [6, 6.07) is 35.2. The molecule has 5 heteroatoms. The van der Waals surface area contributed by atoms with E-state index < -0.39 is 0 Å². The van der Waals surface area contributed by atoms with E-state index in [9.17, 15) is 0 Å². The molecule has 0 N–H and O–H groups in total. The van der Waals surface area contributed by atoms with Crippen LogP contribution in [0.25, 0.3) is 60.6 Å². The number of fused-ring (bicyclic) bond motifs is 5. The van der Waals surface area contributed by atoms with E-state index in [4.69, 9.17) is 15.0 Å². The summed E-state index contributed by atoms with van der Waals surface area (Å²) in [5.74, 6) is 1.94. The van der Waals surface area contributed by atoms with Crippen LogP contribution in [0.4, 0.5) is 0 Å². The van der Waals surface area contributed by atoms with Crippen LogP contribution in [0.15, 0.2) is 109 Å². The first-order valence-corrected chi connectivity index (χ1v) is 12.0. The molecule has 0 aliphatic heterocycles. The number of hydrogen-bond donors (Lipinski definition) is 0. The number of hydrogen-bond acceptors (Lipinski definition) is 4. The lowest BCUT2D eigenvalue weighted by atomic mass is 10.1. The number of thiophene rings is 1. The summed E-state index contributed by atoms with van der Waals surface area (Å²) >= 11 is 1.76. The monoisotopic (exact) mass is 454 g/mol. The van der Waals surface area contributed by atoms with Crippen LogP contribution in [0.2, 0.25) is 0 Å². The van der Waals surface area contributed by atoms with Crippen LogP contribution in [0.5, 0.6) is 0 Å². The molecule has 3 aromatic heterocycles. The SMILES string of the molecule is c1ccc(-c2nc(-c3ccccc3)nc(-n3c4ccccc4c4c5ccsc5ccc43)n2)cc1. The van der Waals surface area contributed by atoms with Crippen molar-refractivity contribution in [3.8, 4) is 28.7 Å². The normalized spacial score (nSPS) is 11.5. The Morgan fingerprint density at radius 2 is 1.18 bits per heavy atom. The third kappa shape index (κ3) is 2.95. The van der Waals surface area contributed by atoms with Gasteiger partial charge in [0, 0.05) is 32.0 Å². The van der Waals surface area contributed by atoms with Gasteiger partial charge in [0.05, 0.1) is 11.0 Å². The summed E-state index contributed by atoms with van der Waals surface area (Å²) in [6.45, 7) is 0. The zero-order valence-corrected chi connectivity index (χ0v) is 18.9. The Balaban J connectivity index is 1.59. The van der Waals surface area contributed by atoms with Crippen LogP contribution >= 0.6 is 11.3 Å². The molecule has 7 rings (SSSR count). The summed E-state index contributed by atoms with van der Waals surface area (Å²) in [4.78, 5) is 14.8. The molecule has 0 spiro atoms. The fraction of sp³-hybridized carbons (Fsp3) is 0. The van der Waals surface area contributed by atoms with Crippen molar-refractivity contribution in [2.24, 2.45) is 0 Å². The Hall–Kier alpha value is -4.35. The van der Waals surface area contributed by atoms with Crippen LogP contribution in [0, 0.1) is 0 Å².